The fraction of sp³-hybridized carbons (Fsp3) is 0.333. The van der Waals surface area contributed by atoms with E-state index in [4.69, 9.17) is 37.1 Å². The van der Waals surface area contributed by atoms with Crippen LogP contribution in [0.4, 0.5) is 0 Å². The van der Waals surface area contributed by atoms with Gasteiger partial charge in [0.25, 0.3) is 5.91 Å². The lowest BCUT2D eigenvalue weighted by atomic mass is 10.3. The number of amides is 1. The van der Waals surface area contributed by atoms with E-state index in [0.717, 1.165) is 0 Å². The maximum atomic E-state index is 12.3. The van der Waals surface area contributed by atoms with Crippen LogP contribution in [0.2, 0.25) is 10.0 Å². The van der Waals surface area contributed by atoms with Gasteiger partial charge in [0.15, 0.2) is 6.61 Å². The highest BCUT2D eigenvalue weighted by Gasteiger charge is 2.28. The molecule has 8 heteroatoms. The van der Waals surface area contributed by atoms with Gasteiger partial charge in [0.1, 0.15) is 23.4 Å². The Balaban J connectivity index is 1.53. The molecular weight excluding hydrogens is 381 g/mol. The van der Waals surface area contributed by atoms with Gasteiger partial charge in [-0.25, -0.2) is 4.79 Å². The minimum absolute atomic E-state index is 0.123. The fourth-order valence-electron chi connectivity index (χ4n) is 2.71. The van der Waals surface area contributed by atoms with Crippen molar-refractivity contribution in [2.24, 2.45) is 0 Å². The lowest BCUT2D eigenvalue weighted by Crippen LogP contribution is -2.34. The topological polar surface area (TPSA) is 69.0 Å². The average molecular weight is 398 g/mol. The van der Waals surface area contributed by atoms with Crippen molar-refractivity contribution >= 4 is 29.1 Å². The second-order valence-electron chi connectivity index (χ2n) is 5.95. The number of rotatable bonds is 5. The molecule has 0 N–H and O–H groups in total. The van der Waals surface area contributed by atoms with Crippen molar-refractivity contribution in [2.45, 2.75) is 19.4 Å². The number of ether oxygens (including phenoxy) is 2. The van der Waals surface area contributed by atoms with E-state index in [1.165, 1.54) is 6.07 Å². The Hall–Kier alpha value is -2.18. The standard InChI is InChI=1S/C18H17Cl2NO5/c1-11-6-14(8-18(23)25-11)26-13-4-5-21(9-13)17(22)10-24-16-3-2-12(19)7-15(16)20/h2-3,6-8,13H,4-5,9-10H2,1H3/t13-/m0/s1. The van der Waals surface area contributed by atoms with Crippen molar-refractivity contribution in [2.75, 3.05) is 19.7 Å². The van der Waals surface area contributed by atoms with E-state index in [1.54, 1.807) is 36.1 Å². The number of halogens is 2. The first-order valence-electron chi connectivity index (χ1n) is 8.05. The minimum Gasteiger partial charge on any atom is -0.488 e. The van der Waals surface area contributed by atoms with Crippen LogP contribution in [0.1, 0.15) is 12.2 Å². The predicted molar refractivity (Wildman–Crippen MR) is 97.3 cm³/mol. The van der Waals surface area contributed by atoms with E-state index in [-0.39, 0.29) is 18.6 Å². The van der Waals surface area contributed by atoms with Gasteiger partial charge in [0, 0.05) is 24.1 Å². The van der Waals surface area contributed by atoms with Gasteiger partial charge in [-0.15, -0.1) is 0 Å². The van der Waals surface area contributed by atoms with Crippen molar-refractivity contribution in [1.29, 1.82) is 0 Å². The van der Waals surface area contributed by atoms with Gasteiger partial charge in [-0.2, -0.15) is 0 Å². The quantitative estimate of drug-likeness (QED) is 0.773. The molecule has 6 nitrogen and oxygen atoms in total. The zero-order valence-electron chi connectivity index (χ0n) is 14.0. The van der Waals surface area contributed by atoms with E-state index < -0.39 is 5.63 Å². The number of likely N-dealkylation sites (tertiary alicyclic amines) is 1. The molecule has 1 amide bonds. The van der Waals surface area contributed by atoms with Crippen LogP contribution in [0.5, 0.6) is 11.5 Å². The molecule has 26 heavy (non-hydrogen) atoms. The summed E-state index contributed by atoms with van der Waals surface area (Å²) in [6.07, 6.45) is 0.492. The van der Waals surface area contributed by atoms with Crippen LogP contribution in [-0.2, 0) is 4.79 Å². The van der Waals surface area contributed by atoms with E-state index >= 15 is 0 Å². The van der Waals surface area contributed by atoms with Gasteiger partial charge in [0.2, 0.25) is 0 Å². The summed E-state index contributed by atoms with van der Waals surface area (Å²) >= 11 is 11.9. The lowest BCUT2D eigenvalue weighted by molar-refractivity contribution is -0.132. The number of benzene rings is 1. The zero-order valence-corrected chi connectivity index (χ0v) is 15.5. The molecule has 1 aromatic heterocycles. The minimum atomic E-state index is -0.459. The maximum Gasteiger partial charge on any atom is 0.339 e. The average Bonchev–Trinajstić information content (AvgIpc) is 3.01. The van der Waals surface area contributed by atoms with Crippen LogP contribution < -0.4 is 15.1 Å². The van der Waals surface area contributed by atoms with Gasteiger partial charge in [-0.3, -0.25) is 4.79 Å². The van der Waals surface area contributed by atoms with Gasteiger partial charge in [-0.1, -0.05) is 23.2 Å². The van der Waals surface area contributed by atoms with Gasteiger partial charge < -0.3 is 18.8 Å². The molecule has 2 aromatic rings. The maximum absolute atomic E-state index is 12.3. The Morgan fingerprint density at radius 3 is 2.85 bits per heavy atom. The largest absolute Gasteiger partial charge is 0.488 e. The Labute approximate surface area is 160 Å². The highest BCUT2D eigenvalue weighted by molar-refractivity contribution is 6.35. The van der Waals surface area contributed by atoms with Crippen LogP contribution in [0.3, 0.4) is 0 Å². The van der Waals surface area contributed by atoms with Crippen LogP contribution in [0.25, 0.3) is 0 Å². The van der Waals surface area contributed by atoms with E-state index in [1.807, 2.05) is 0 Å². The molecule has 2 heterocycles. The predicted octanol–water partition coefficient (Wildman–Crippen LogP) is 3.31. The van der Waals surface area contributed by atoms with Crippen LogP contribution >= 0.6 is 23.2 Å². The molecular formula is C18H17Cl2NO5. The third-order valence-electron chi connectivity index (χ3n) is 3.91. The summed E-state index contributed by atoms with van der Waals surface area (Å²) in [4.78, 5) is 25.4. The number of nitrogens with zero attached hydrogens (tertiary/aromatic N) is 1. The number of carbonyl (C=O) groups excluding carboxylic acids is 1. The number of hydrogen-bond acceptors (Lipinski definition) is 5. The van der Waals surface area contributed by atoms with Crippen LogP contribution in [0, 0.1) is 6.92 Å². The Bertz CT molecular complexity index is 867. The third-order valence-corrected chi connectivity index (χ3v) is 4.44. The monoisotopic (exact) mass is 397 g/mol. The molecule has 1 aliphatic heterocycles. The molecule has 1 aromatic carbocycles. The summed E-state index contributed by atoms with van der Waals surface area (Å²) in [5, 5.41) is 0.851. The smallest absolute Gasteiger partial charge is 0.339 e. The Morgan fingerprint density at radius 1 is 1.31 bits per heavy atom. The molecule has 0 bridgehead atoms. The summed E-state index contributed by atoms with van der Waals surface area (Å²) < 4.78 is 16.2. The van der Waals surface area contributed by atoms with Crippen molar-refractivity contribution in [1.82, 2.24) is 4.90 Å². The molecule has 0 aliphatic carbocycles. The molecule has 1 fully saturated rings. The first kappa shape index (κ1) is 18.6. The lowest BCUT2D eigenvalue weighted by Gasteiger charge is -2.18. The number of carbonyl (C=O) groups is 1. The molecule has 0 spiro atoms. The number of aryl methyl sites for hydroxylation is 1. The fourth-order valence-corrected chi connectivity index (χ4v) is 3.17. The normalized spacial score (nSPS) is 16.6. The van der Waals surface area contributed by atoms with Gasteiger partial charge >= 0.3 is 5.63 Å². The summed E-state index contributed by atoms with van der Waals surface area (Å²) in [6, 6.07) is 7.77. The molecule has 1 aliphatic rings. The Kier molecular flexibility index (Phi) is 5.74. The summed E-state index contributed by atoms with van der Waals surface area (Å²) in [6.45, 7) is 2.54. The third kappa shape index (κ3) is 4.71. The van der Waals surface area contributed by atoms with Crippen molar-refractivity contribution in [3.63, 3.8) is 0 Å². The van der Waals surface area contributed by atoms with Crippen LogP contribution in [0.15, 0.2) is 39.5 Å². The highest BCUT2D eigenvalue weighted by Crippen LogP contribution is 2.27. The molecule has 0 radical (unpaired) electrons. The molecule has 0 unspecified atom stereocenters. The Morgan fingerprint density at radius 2 is 2.12 bits per heavy atom. The van der Waals surface area contributed by atoms with Gasteiger partial charge in [-0.05, 0) is 25.1 Å². The van der Waals surface area contributed by atoms with Gasteiger partial charge in [0.05, 0.1) is 17.6 Å². The zero-order chi connectivity index (χ0) is 18.7. The van der Waals surface area contributed by atoms with Crippen molar-refractivity contribution < 1.29 is 18.7 Å². The molecule has 1 saturated heterocycles. The SMILES string of the molecule is Cc1cc(O[C@H]2CCN(C(=O)COc3ccc(Cl)cc3Cl)C2)cc(=O)o1. The second kappa shape index (κ2) is 8.01. The van der Waals surface area contributed by atoms with Crippen molar-refractivity contribution in [3.05, 3.63) is 56.6 Å². The van der Waals surface area contributed by atoms with Crippen LogP contribution in [-0.4, -0.2) is 36.6 Å². The van der Waals surface area contributed by atoms with Crippen molar-refractivity contribution in [3.8, 4) is 11.5 Å². The first-order chi connectivity index (χ1) is 12.4. The summed E-state index contributed by atoms with van der Waals surface area (Å²) in [5.74, 6) is 1.17. The van der Waals surface area contributed by atoms with E-state index in [0.29, 0.717) is 46.8 Å². The molecule has 138 valence electrons. The molecule has 1 atom stereocenters. The second-order valence-corrected chi connectivity index (χ2v) is 6.80. The van der Waals surface area contributed by atoms with E-state index in [2.05, 4.69) is 0 Å². The molecule has 0 saturated carbocycles. The van der Waals surface area contributed by atoms with E-state index in [9.17, 15) is 9.59 Å². The first-order valence-corrected chi connectivity index (χ1v) is 8.80. The summed E-state index contributed by atoms with van der Waals surface area (Å²) in [7, 11) is 0. The highest BCUT2D eigenvalue weighted by atomic mass is 35.5. The molecule has 3 rings (SSSR count). The number of hydrogen-bond donors (Lipinski definition) is 0. The summed E-state index contributed by atoms with van der Waals surface area (Å²) in [5.41, 5.74) is -0.459.